The fourth-order valence-electron chi connectivity index (χ4n) is 3.20. The van der Waals surface area contributed by atoms with Crippen LogP contribution >= 0.6 is 11.8 Å². The highest BCUT2D eigenvalue weighted by atomic mass is 32.2. The highest BCUT2D eigenvalue weighted by Crippen LogP contribution is 2.41. The third kappa shape index (κ3) is 4.76. The van der Waals surface area contributed by atoms with Gasteiger partial charge in [-0.3, -0.25) is 9.69 Å². The van der Waals surface area contributed by atoms with Crippen molar-refractivity contribution in [2.24, 2.45) is 0 Å². The number of amides is 2. The Labute approximate surface area is 179 Å². The van der Waals surface area contributed by atoms with Gasteiger partial charge in [0.1, 0.15) is 24.1 Å². The Morgan fingerprint density at radius 3 is 2.33 bits per heavy atom. The van der Waals surface area contributed by atoms with Crippen molar-refractivity contribution in [3.05, 3.63) is 71.8 Å². The third-order valence-corrected chi connectivity index (χ3v) is 6.38. The maximum Gasteiger partial charge on any atom is 0.410 e. The van der Waals surface area contributed by atoms with Gasteiger partial charge < -0.3 is 14.7 Å². The van der Waals surface area contributed by atoms with Crippen molar-refractivity contribution in [1.29, 1.82) is 0 Å². The largest absolute Gasteiger partial charge is 0.480 e. The summed E-state index contributed by atoms with van der Waals surface area (Å²) in [5.41, 5.74) is 1.69. The number of nitrogens with zero attached hydrogens (tertiary/aromatic N) is 2. The first kappa shape index (κ1) is 21.7. The molecule has 1 heterocycles. The lowest BCUT2D eigenvalue weighted by Gasteiger charge is -2.33. The fraction of sp³-hybridized carbons (Fsp3) is 0.318. The van der Waals surface area contributed by atoms with Gasteiger partial charge in [0.05, 0.1) is 0 Å². The van der Waals surface area contributed by atoms with Crippen LogP contribution in [0.25, 0.3) is 0 Å². The van der Waals surface area contributed by atoms with E-state index in [2.05, 4.69) is 0 Å². The lowest BCUT2D eigenvalue weighted by atomic mass is 10.1. The zero-order chi connectivity index (χ0) is 21.7. The number of carboxylic acid groups (broad SMARTS) is 1. The summed E-state index contributed by atoms with van der Waals surface area (Å²) in [4.78, 5) is 40.1. The van der Waals surface area contributed by atoms with Crippen LogP contribution in [0.3, 0.4) is 0 Å². The van der Waals surface area contributed by atoms with E-state index < -0.39 is 35.4 Å². The van der Waals surface area contributed by atoms with Crippen LogP contribution in [0.15, 0.2) is 60.7 Å². The molecule has 158 valence electrons. The number of benzene rings is 2. The van der Waals surface area contributed by atoms with Gasteiger partial charge in [0.2, 0.25) is 5.91 Å². The van der Waals surface area contributed by atoms with Gasteiger partial charge in [0.15, 0.2) is 0 Å². The number of ether oxygens (including phenoxy) is 1. The molecule has 0 saturated carbocycles. The molecule has 2 amide bonds. The number of thioether (sulfide) groups is 1. The van der Waals surface area contributed by atoms with E-state index in [-0.39, 0.29) is 12.4 Å². The second kappa shape index (κ2) is 9.67. The molecule has 1 fully saturated rings. The van der Waals surface area contributed by atoms with E-state index in [0.29, 0.717) is 0 Å². The van der Waals surface area contributed by atoms with E-state index >= 15 is 0 Å². The van der Waals surface area contributed by atoms with Gasteiger partial charge in [-0.1, -0.05) is 60.7 Å². The fourth-order valence-corrected chi connectivity index (χ4v) is 4.63. The molecule has 0 spiro atoms. The first-order valence-electron chi connectivity index (χ1n) is 9.55. The van der Waals surface area contributed by atoms with Crippen LogP contribution in [0.4, 0.5) is 4.79 Å². The van der Waals surface area contributed by atoms with Crippen molar-refractivity contribution >= 4 is 29.7 Å². The van der Waals surface area contributed by atoms with Crippen LogP contribution in [-0.4, -0.2) is 57.8 Å². The molecule has 1 aliphatic rings. The molecule has 0 aliphatic carbocycles. The Morgan fingerprint density at radius 1 is 1.13 bits per heavy atom. The average molecular weight is 429 g/mol. The molecule has 30 heavy (non-hydrogen) atoms. The highest BCUT2D eigenvalue weighted by Gasteiger charge is 2.44. The van der Waals surface area contributed by atoms with Crippen molar-refractivity contribution in [1.82, 2.24) is 9.80 Å². The lowest BCUT2D eigenvalue weighted by molar-refractivity contribution is -0.151. The molecule has 0 aromatic heterocycles. The smallest absolute Gasteiger partial charge is 0.410 e. The molecule has 3 atom stereocenters. The summed E-state index contributed by atoms with van der Waals surface area (Å²) in [6.07, 6.45) is -0.644. The number of aliphatic carboxylic acids is 1. The third-order valence-electron chi connectivity index (χ3n) is 5.06. The molecule has 1 unspecified atom stereocenters. The molecule has 7 nitrogen and oxygen atoms in total. The number of hydrogen-bond acceptors (Lipinski definition) is 5. The normalized spacial score (nSPS) is 19.2. The molecular weight excluding hydrogens is 404 g/mol. The number of carbonyl (C=O) groups excluding carboxylic acids is 2. The second-order valence-electron chi connectivity index (χ2n) is 7.02. The Kier molecular flexibility index (Phi) is 6.99. The van der Waals surface area contributed by atoms with Gasteiger partial charge in [-0.25, -0.2) is 9.59 Å². The summed E-state index contributed by atoms with van der Waals surface area (Å²) in [7, 11) is 1.48. The molecule has 0 bridgehead atoms. The van der Waals surface area contributed by atoms with Gasteiger partial charge in [-0.2, -0.15) is 0 Å². The Balaban J connectivity index is 1.72. The molecule has 0 radical (unpaired) electrons. The van der Waals surface area contributed by atoms with Crippen LogP contribution in [0.2, 0.25) is 0 Å². The monoisotopic (exact) mass is 428 g/mol. The average Bonchev–Trinajstić information content (AvgIpc) is 3.22. The van der Waals surface area contributed by atoms with Gasteiger partial charge in [0, 0.05) is 12.8 Å². The number of likely N-dealkylation sites (N-methyl/N-ethyl adjacent to an activating group) is 1. The van der Waals surface area contributed by atoms with Crippen molar-refractivity contribution in [3.8, 4) is 0 Å². The maximum atomic E-state index is 13.3. The van der Waals surface area contributed by atoms with Crippen molar-refractivity contribution < 1.29 is 24.2 Å². The predicted octanol–water partition coefficient (Wildman–Crippen LogP) is 3.37. The zero-order valence-electron chi connectivity index (χ0n) is 16.8. The van der Waals surface area contributed by atoms with Crippen LogP contribution < -0.4 is 0 Å². The molecule has 1 saturated heterocycles. The summed E-state index contributed by atoms with van der Waals surface area (Å²) in [6, 6.07) is 16.7. The molecular formula is C22H24N2O5S. The lowest BCUT2D eigenvalue weighted by Crippen LogP contribution is -2.52. The van der Waals surface area contributed by atoms with Crippen LogP contribution in [0, 0.1) is 0 Å². The van der Waals surface area contributed by atoms with E-state index in [0.717, 1.165) is 11.1 Å². The SMILES string of the molecule is C[C@@H](C(=O)N1C(c2ccccc2)SC[C@H]1C(=O)O)N(C)C(=O)OCc1ccccc1. The molecule has 1 aliphatic heterocycles. The Bertz CT molecular complexity index is 893. The second-order valence-corrected chi connectivity index (χ2v) is 8.14. The van der Waals surface area contributed by atoms with Gasteiger partial charge in [-0.15, -0.1) is 11.8 Å². The van der Waals surface area contributed by atoms with E-state index in [4.69, 9.17) is 4.74 Å². The molecule has 3 rings (SSSR count). The van der Waals surface area contributed by atoms with Crippen molar-refractivity contribution in [2.45, 2.75) is 31.0 Å². The van der Waals surface area contributed by atoms with Gasteiger partial charge in [0.25, 0.3) is 0 Å². The summed E-state index contributed by atoms with van der Waals surface area (Å²) in [5.74, 6) is -1.20. The number of hydrogen-bond donors (Lipinski definition) is 1. The van der Waals surface area contributed by atoms with Gasteiger partial charge >= 0.3 is 12.1 Å². The summed E-state index contributed by atoms with van der Waals surface area (Å²) < 4.78 is 5.30. The predicted molar refractivity (Wildman–Crippen MR) is 114 cm³/mol. The molecule has 1 N–H and O–H groups in total. The van der Waals surface area contributed by atoms with E-state index in [1.54, 1.807) is 6.92 Å². The summed E-state index contributed by atoms with van der Waals surface area (Å²) in [6.45, 7) is 1.67. The highest BCUT2D eigenvalue weighted by molar-refractivity contribution is 7.99. The van der Waals surface area contributed by atoms with E-state index in [1.165, 1.54) is 28.6 Å². The summed E-state index contributed by atoms with van der Waals surface area (Å²) >= 11 is 1.40. The maximum absolute atomic E-state index is 13.3. The summed E-state index contributed by atoms with van der Waals surface area (Å²) in [5, 5.41) is 9.20. The number of carbonyl (C=O) groups is 3. The topological polar surface area (TPSA) is 87.2 Å². The first-order valence-corrected chi connectivity index (χ1v) is 10.6. The van der Waals surface area contributed by atoms with Crippen LogP contribution in [-0.2, 0) is 20.9 Å². The van der Waals surface area contributed by atoms with E-state index in [9.17, 15) is 19.5 Å². The standard InChI is InChI=1S/C22H24N2O5S/c1-15(23(2)22(28)29-13-16-9-5-3-6-10-16)19(25)24-18(21(26)27)14-30-20(24)17-11-7-4-8-12-17/h3-12,15,18,20H,13-14H2,1-2H3,(H,26,27)/t15-,18-,20?/m0/s1. The molecule has 8 heteroatoms. The van der Waals surface area contributed by atoms with Crippen molar-refractivity contribution in [2.75, 3.05) is 12.8 Å². The minimum atomic E-state index is -1.06. The van der Waals surface area contributed by atoms with Crippen molar-refractivity contribution in [3.63, 3.8) is 0 Å². The minimum Gasteiger partial charge on any atom is -0.480 e. The number of rotatable bonds is 6. The van der Waals surface area contributed by atoms with Crippen LogP contribution in [0.5, 0.6) is 0 Å². The van der Waals surface area contributed by atoms with Gasteiger partial charge in [-0.05, 0) is 18.1 Å². The molecule has 2 aromatic carbocycles. The van der Waals surface area contributed by atoms with Crippen LogP contribution in [0.1, 0.15) is 23.4 Å². The Hall–Kier alpha value is -3.00. The molecule has 2 aromatic rings. The number of carboxylic acids is 1. The first-order chi connectivity index (χ1) is 14.4. The zero-order valence-corrected chi connectivity index (χ0v) is 17.6. The minimum absolute atomic E-state index is 0.0921. The Morgan fingerprint density at radius 2 is 1.73 bits per heavy atom. The quantitative estimate of drug-likeness (QED) is 0.759. The van der Waals surface area contributed by atoms with E-state index in [1.807, 2.05) is 60.7 Å².